The van der Waals surface area contributed by atoms with Crippen molar-refractivity contribution in [1.29, 1.82) is 0 Å². The van der Waals surface area contributed by atoms with Crippen LogP contribution in [-0.4, -0.2) is 18.5 Å². The second-order valence-electron chi connectivity index (χ2n) is 5.59. The van der Waals surface area contributed by atoms with Crippen LogP contribution < -0.4 is 5.73 Å². The van der Waals surface area contributed by atoms with Crippen LogP contribution >= 0.6 is 0 Å². The molecule has 0 spiro atoms. The van der Waals surface area contributed by atoms with Crippen molar-refractivity contribution in [3.8, 4) is 0 Å². The molecule has 16 heavy (non-hydrogen) atoms. The fraction of sp³-hybridized carbons (Fsp3) is 0.538. The van der Waals surface area contributed by atoms with Crippen LogP contribution in [-0.2, 0) is 6.54 Å². The highest BCUT2D eigenvalue weighted by molar-refractivity contribution is 5.41. The Morgan fingerprint density at radius 1 is 1.31 bits per heavy atom. The van der Waals surface area contributed by atoms with Gasteiger partial charge in [0.2, 0.25) is 0 Å². The Bertz CT molecular complexity index is 355. The molecule has 2 N–H and O–H groups in total. The van der Waals surface area contributed by atoms with Crippen molar-refractivity contribution in [3.05, 3.63) is 29.6 Å². The van der Waals surface area contributed by atoms with Gasteiger partial charge in [-0.3, -0.25) is 0 Å². The number of benzene rings is 1. The molecule has 0 saturated heterocycles. The minimum atomic E-state index is -0.332. The van der Waals surface area contributed by atoms with Gasteiger partial charge < -0.3 is 10.6 Å². The van der Waals surface area contributed by atoms with Gasteiger partial charge in [-0.25, -0.2) is 4.39 Å². The Kier molecular flexibility index (Phi) is 3.92. The number of nitrogen functional groups attached to an aromatic ring is 1. The van der Waals surface area contributed by atoms with E-state index in [1.54, 1.807) is 6.07 Å². The molecule has 0 aliphatic heterocycles. The highest BCUT2D eigenvalue weighted by atomic mass is 19.1. The van der Waals surface area contributed by atoms with E-state index in [9.17, 15) is 4.39 Å². The van der Waals surface area contributed by atoms with E-state index in [2.05, 4.69) is 25.7 Å². The molecule has 2 nitrogen and oxygen atoms in total. The number of rotatable bonds is 3. The van der Waals surface area contributed by atoms with Crippen molar-refractivity contribution in [1.82, 2.24) is 4.90 Å². The summed E-state index contributed by atoms with van der Waals surface area (Å²) in [6.45, 7) is 8.28. The first-order valence-corrected chi connectivity index (χ1v) is 5.50. The van der Waals surface area contributed by atoms with Gasteiger partial charge in [-0.1, -0.05) is 26.8 Å². The lowest BCUT2D eigenvalue weighted by Crippen LogP contribution is -2.28. The Balaban J connectivity index is 2.63. The predicted octanol–water partition coefficient (Wildman–Crippen LogP) is 2.89. The smallest absolute Gasteiger partial charge is 0.146 e. The number of nitrogens with two attached hydrogens (primary N) is 1. The third kappa shape index (κ3) is 4.19. The van der Waals surface area contributed by atoms with Gasteiger partial charge in [-0.2, -0.15) is 0 Å². The van der Waals surface area contributed by atoms with Crippen LogP contribution in [0.4, 0.5) is 10.1 Å². The molecule has 1 rings (SSSR count). The van der Waals surface area contributed by atoms with Crippen molar-refractivity contribution in [2.45, 2.75) is 27.3 Å². The molecule has 0 aromatic heterocycles. The predicted molar refractivity (Wildman–Crippen MR) is 66.6 cm³/mol. The molecular formula is C13H21FN2. The number of hydrogen-bond donors (Lipinski definition) is 1. The minimum Gasteiger partial charge on any atom is -0.396 e. The fourth-order valence-corrected chi connectivity index (χ4v) is 1.85. The third-order valence-electron chi connectivity index (χ3n) is 2.26. The van der Waals surface area contributed by atoms with Gasteiger partial charge in [-0.05, 0) is 30.2 Å². The first-order valence-electron chi connectivity index (χ1n) is 5.50. The van der Waals surface area contributed by atoms with Crippen molar-refractivity contribution in [2.24, 2.45) is 5.41 Å². The zero-order valence-corrected chi connectivity index (χ0v) is 10.5. The lowest BCUT2D eigenvalue weighted by atomic mass is 9.96. The average molecular weight is 224 g/mol. The van der Waals surface area contributed by atoms with E-state index in [0.717, 1.165) is 18.7 Å². The molecule has 1 aromatic carbocycles. The molecule has 0 amide bonds. The molecule has 0 fully saturated rings. The van der Waals surface area contributed by atoms with Gasteiger partial charge >= 0.3 is 0 Å². The summed E-state index contributed by atoms with van der Waals surface area (Å²) < 4.78 is 13.2. The molecule has 1 aromatic rings. The second-order valence-corrected chi connectivity index (χ2v) is 5.59. The molecule has 0 saturated carbocycles. The van der Waals surface area contributed by atoms with Gasteiger partial charge in [0.25, 0.3) is 0 Å². The Morgan fingerprint density at radius 3 is 2.44 bits per heavy atom. The largest absolute Gasteiger partial charge is 0.396 e. The van der Waals surface area contributed by atoms with E-state index in [0.29, 0.717) is 0 Å². The van der Waals surface area contributed by atoms with Crippen LogP contribution in [0.5, 0.6) is 0 Å². The minimum absolute atomic E-state index is 0.210. The SMILES string of the molecule is CN(Cc1ccc(N)c(F)c1)CC(C)(C)C. The fourth-order valence-electron chi connectivity index (χ4n) is 1.85. The topological polar surface area (TPSA) is 29.3 Å². The van der Waals surface area contributed by atoms with E-state index >= 15 is 0 Å². The molecular weight excluding hydrogens is 203 g/mol. The monoisotopic (exact) mass is 224 g/mol. The van der Waals surface area contributed by atoms with Gasteiger partial charge in [-0.15, -0.1) is 0 Å². The Hall–Kier alpha value is -1.09. The van der Waals surface area contributed by atoms with E-state index in [1.807, 2.05) is 13.1 Å². The highest BCUT2D eigenvalue weighted by Crippen LogP contribution is 2.17. The molecule has 3 heteroatoms. The summed E-state index contributed by atoms with van der Waals surface area (Å²) in [5, 5.41) is 0. The van der Waals surface area contributed by atoms with Crippen LogP contribution in [0.25, 0.3) is 0 Å². The summed E-state index contributed by atoms with van der Waals surface area (Å²) in [6, 6.07) is 5.00. The molecule has 0 atom stereocenters. The van der Waals surface area contributed by atoms with Crippen molar-refractivity contribution >= 4 is 5.69 Å². The summed E-state index contributed by atoms with van der Waals surface area (Å²) in [4.78, 5) is 2.19. The van der Waals surface area contributed by atoms with Crippen LogP contribution in [0, 0.1) is 11.2 Å². The Morgan fingerprint density at radius 2 is 1.94 bits per heavy atom. The van der Waals surface area contributed by atoms with Crippen molar-refractivity contribution in [2.75, 3.05) is 19.3 Å². The van der Waals surface area contributed by atoms with Crippen LogP contribution in [0.15, 0.2) is 18.2 Å². The average Bonchev–Trinajstić information content (AvgIpc) is 2.08. The zero-order chi connectivity index (χ0) is 12.3. The number of hydrogen-bond acceptors (Lipinski definition) is 2. The van der Waals surface area contributed by atoms with E-state index in [1.165, 1.54) is 6.07 Å². The van der Waals surface area contributed by atoms with Gasteiger partial charge in [0, 0.05) is 13.1 Å². The summed E-state index contributed by atoms with van der Waals surface area (Å²) in [5.74, 6) is -0.332. The maximum atomic E-state index is 13.2. The van der Waals surface area contributed by atoms with Crippen molar-refractivity contribution in [3.63, 3.8) is 0 Å². The maximum Gasteiger partial charge on any atom is 0.146 e. The van der Waals surface area contributed by atoms with Crippen molar-refractivity contribution < 1.29 is 4.39 Å². The maximum absolute atomic E-state index is 13.2. The lowest BCUT2D eigenvalue weighted by Gasteiger charge is -2.26. The molecule has 0 heterocycles. The summed E-state index contributed by atoms with van der Waals surface area (Å²) in [6.07, 6.45) is 0. The normalized spacial score (nSPS) is 12.1. The summed E-state index contributed by atoms with van der Waals surface area (Å²) in [5.41, 5.74) is 6.85. The second kappa shape index (κ2) is 4.83. The number of anilines is 1. The standard InChI is InChI=1S/C13H21FN2/c1-13(2,3)9-16(4)8-10-5-6-12(15)11(14)7-10/h5-7H,8-9,15H2,1-4H3. The zero-order valence-electron chi connectivity index (χ0n) is 10.5. The summed E-state index contributed by atoms with van der Waals surface area (Å²) in [7, 11) is 2.04. The third-order valence-corrected chi connectivity index (χ3v) is 2.26. The molecule has 0 bridgehead atoms. The van der Waals surface area contributed by atoms with E-state index in [4.69, 9.17) is 5.73 Å². The van der Waals surface area contributed by atoms with E-state index in [-0.39, 0.29) is 16.9 Å². The molecule has 90 valence electrons. The Labute approximate surface area is 97.3 Å². The molecule has 0 aliphatic carbocycles. The first kappa shape index (κ1) is 13.0. The first-order chi connectivity index (χ1) is 7.28. The summed E-state index contributed by atoms with van der Waals surface area (Å²) >= 11 is 0. The van der Waals surface area contributed by atoms with Crippen LogP contribution in [0.1, 0.15) is 26.3 Å². The highest BCUT2D eigenvalue weighted by Gasteiger charge is 2.13. The van der Waals surface area contributed by atoms with Crippen LogP contribution in [0.2, 0.25) is 0 Å². The quantitative estimate of drug-likeness (QED) is 0.800. The molecule has 0 radical (unpaired) electrons. The molecule has 0 aliphatic rings. The number of nitrogens with zero attached hydrogens (tertiary/aromatic N) is 1. The van der Waals surface area contributed by atoms with E-state index < -0.39 is 0 Å². The lowest BCUT2D eigenvalue weighted by molar-refractivity contribution is 0.220. The van der Waals surface area contributed by atoms with Crippen LogP contribution in [0.3, 0.4) is 0 Å². The number of halogens is 1. The van der Waals surface area contributed by atoms with Gasteiger partial charge in [0.15, 0.2) is 0 Å². The van der Waals surface area contributed by atoms with Gasteiger partial charge in [0.1, 0.15) is 5.82 Å². The van der Waals surface area contributed by atoms with Gasteiger partial charge in [0.05, 0.1) is 5.69 Å². The molecule has 0 unspecified atom stereocenters.